The van der Waals surface area contributed by atoms with Crippen LogP contribution in [0.2, 0.25) is 0 Å². The monoisotopic (exact) mass is 344 g/mol. The number of benzene rings is 2. The first kappa shape index (κ1) is 18.6. The number of esters is 1. The average molecular weight is 344 g/mol. The zero-order chi connectivity index (χ0) is 17.2. The number of thioether (sulfide) groups is 1. The van der Waals surface area contributed by atoms with E-state index < -0.39 is 11.4 Å². The minimum Gasteiger partial charge on any atom is -0.465 e. The highest BCUT2D eigenvalue weighted by atomic mass is 32.2. The summed E-state index contributed by atoms with van der Waals surface area (Å²) in [6, 6.07) is 19.9. The van der Waals surface area contributed by atoms with Gasteiger partial charge >= 0.3 is 5.97 Å². The molecule has 2 atom stereocenters. The van der Waals surface area contributed by atoms with Crippen LogP contribution in [0.1, 0.15) is 24.5 Å². The van der Waals surface area contributed by atoms with Crippen molar-refractivity contribution in [3.05, 3.63) is 71.8 Å². The Morgan fingerprint density at radius 3 is 2.21 bits per heavy atom. The van der Waals surface area contributed by atoms with Crippen LogP contribution >= 0.6 is 11.8 Å². The Morgan fingerprint density at radius 1 is 1.04 bits per heavy atom. The number of aryl methyl sites for hydroxylation is 1. The molecule has 0 spiro atoms. The Labute approximate surface area is 148 Å². The van der Waals surface area contributed by atoms with Crippen molar-refractivity contribution in [1.82, 2.24) is 0 Å². The first-order valence-electron chi connectivity index (χ1n) is 8.25. The van der Waals surface area contributed by atoms with E-state index in [0.29, 0.717) is 18.8 Å². The van der Waals surface area contributed by atoms with Crippen molar-refractivity contribution in [2.45, 2.75) is 36.9 Å². The van der Waals surface area contributed by atoms with Gasteiger partial charge in [0.2, 0.25) is 0 Å². The van der Waals surface area contributed by atoms with Gasteiger partial charge in [0, 0.05) is 5.75 Å². The number of carbonyl (C=O) groups excluding carboxylic acids is 1. The third-order valence-electron chi connectivity index (χ3n) is 3.71. The normalized spacial score (nSPS) is 13.2. The molecular formula is C20H24O3S. The van der Waals surface area contributed by atoms with E-state index in [1.807, 2.05) is 60.7 Å². The number of carbonyl (C=O) groups is 1. The van der Waals surface area contributed by atoms with Gasteiger partial charge in [0.25, 0.3) is 0 Å². The summed E-state index contributed by atoms with van der Waals surface area (Å²) in [6.45, 7) is 2.11. The summed E-state index contributed by atoms with van der Waals surface area (Å²) in [5.41, 5.74) is 2.29. The molecule has 0 bridgehead atoms. The number of hydrogen-bond donors (Lipinski definition) is 1. The number of ether oxygens (including phenoxy) is 1. The van der Waals surface area contributed by atoms with E-state index in [1.165, 1.54) is 11.8 Å². The molecule has 0 aromatic heterocycles. The second-order valence-corrected chi connectivity index (χ2v) is 6.69. The molecule has 128 valence electrons. The second kappa shape index (κ2) is 10.2. The molecule has 0 radical (unpaired) electrons. The van der Waals surface area contributed by atoms with E-state index in [1.54, 1.807) is 6.92 Å². The zero-order valence-corrected chi connectivity index (χ0v) is 14.7. The van der Waals surface area contributed by atoms with Crippen molar-refractivity contribution in [3.63, 3.8) is 0 Å². The van der Waals surface area contributed by atoms with Gasteiger partial charge < -0.3 is 9.84 Å². The average Bonchev–Trinajstić information content (AvgIpc) is 2.62. The lowest BCUT2D eigenvalue weighted by molar-refractivity contribution is -0.144. The Kier molecular flexibility index (Phi) is 7.86. The topological polar surface area (TPSA) is 46.5 Å². The van der Waals surface area contributed by atoms with Crippen molar-refractivity contribution in [2.24, 2.45) is 0 Å². The summed E-state index contributed by atoms with van der Waals surface area (Å²) in [5, 5.41) is 9.96. The van der Waals surface area contributed by atoms with Crippen LogP contribution in [0.5, 0.6) is 0 Å². The van der Waals surface area contributed by atoms with Crippen LogP contribution in [0.25, 0.3) is 0 Å². The second-order valence-electron chi connectivity index (χ2n) is 5.56. The van der Waals surface area contributed by atoms with Crippen LogP contribution in [0.4, 0.5) is 0 Å². The van der Waals surface area contributed by atoms with Gasteiger partial charge in [-0.15, -0.1) is 11.8 Å². The standard InChI is InChI=1S/C20H24O3S/c1-2-23-20(22)19(24-15-17-11-7-4-8-12-17)18(21)14-13-16-9-5-3-6-10-16/h3-12,18-19,21H,2,13-15H2,1H3. The van der Waals surface area contributed by atoms with E-state index in [4.69, 9.17) is 4.74 Å². The molecule has 0 saturated carbocycles. The molecule has 1 N–H and O–H groups in total. The van der Waals surface area contributed by atoms with E-state index in [0.717, 1.165) is 17.5 Å². The van der Waals surface area contributed by atoms with Gasteiger partial charge in [0.15, 0.2) is 0 Å². The van der Waals surface area contributed by atoms with Crippen molar-refractivity contribution in [1.29, 1.82) is 0 Å². The molecule has 0 aliphatic carbocycles. The maximum Gasteiger partial charge on any atom is 0.321 e. The van der Waals surface area contributed by atoms with Crippen molar-refractivity contribution < 1.29 is 14.6 Å². The molecule has 3 nitrogen and oxygen atoms in total. The lowest BCUT2D eigenvalue weighted by Crippen LogP contribution is -2.33. The van der Waals surface area contributed by atoms with Gasteiger partial charge in [-0.3, -0.25) is 4.79 Å². The van der Waals surface area contributed by atoms with Crippen LogP contribution < -0.4 is 0 Å². The Balaban J connectivity index is 1.94. The molecule has 2 rings (SSSR count). The lowest BCUT2D eigenvalue weighted by atomic mass is 10.0. The third kappa shape index (κ3) is 6.02. The maximum absolute atomic E-state index is 12.2. The van der Waals surface area contributed by atoms with Crippen molar-refractivity contribution in [3.8, 4) is 0 Å². The van der Waals surface area contributed by atoms with Gasteiger partial charge in [-0.1, -0.05) is 60.7 Å². The fraction of sp³-hybridized carbons (Fsp3) is 0.350. The lowest BCUT2D eigenvalue weighted by Gasteiger charge is -2.21. The SMILES string of the molecule is CCOC(=O)C(SCc1ccccc1)C(O)CCc1ccccc1. The van der Waals surface area contributed by atoms with Gasteiger partial charge in [0.1, 0.15) is 5.25 Å². The summed E-state index contributed by atoms with van der Waals surface area (Å²) < 4.78 is 5.15. The Bertz CT molecular complexity index is 601. The van der Waals surface area contributed by atoms with E-state index in [2.05, 4.69) is 0 Å². The summed E-state index contributed by atoms with van der Waals surface area (Å²) >= 11 is 1.44. The minimum atomic E-state index is -0.724. The maximum atomic E-state index is 12.2. The predicted octanol–water partition coefficient (Wildman–Crippen LogP) is 3.85. The predicted molar refractivity (Wildman–Crippen MR) is 98.9 cm³/mol. The van der Waals surface area contributed by atoms with Crippen LogP contribution in [0, 0.1) is 0 Å². The van der Waals surface area contributed by atoms with Crippen molar-refractivity contribution >= 4 is 17.7 Å². The van der Waals surface area contributed by atoms with Crippen molar-refractivity contribution in [2.75, 3.05) is 6.61 Å². The summed E-state index contributed by atoms with van der Waals surface area (Å²) in [7, 11) is 0. The molecule has 24 heavy (non-hydrogen) atoms. The van der Waals surface area contributed by atoms with Gasteiger partial charge in [0.05, 0.1) is 12.7 Å². The fourth-order valence-corrected chi connectivity index (χ4v) is 3.56. The molecule has 2 aromatic rings. The largest absolute Gasteiger partial charge is 0.465 e. The fourth-order valence-electron chi connectivity index (χ4n) is 2.43. The molecule has 0 heterocycles. The summed E-state index contributed by atoms with van der Waals surface area (Å²) in [4.78, 5) is 12.2. The number of hydrogen-bond acceptors (Lipinski definition) is 4. The molecule has 0 aliphatic heterocycles. The van der Waals surface area contributed by atoms with E-state index in [9.17, 15) is 9.90 Å². The van der Waals surface area contributed by atoms with Gasteiger partial charge in [-0.2, -0.15) is 0 Å². The highest BCUT2D eigenvalue weighted by Gasteiger charge is 2.28. The first-order chi connectivity index (χ1) is 11.7. The summed E-state index contributed by atoms with van der Waals surface area (Å²) in [5.74, 6) is 0.339. The van der Waals surface area contributed by atoms with Gasteiger partial charge in [-0.05, 0) is 30.9 Å². The minimum absolute atomic E-state index is 0.326. The van der Waals surface area contributed by atoms with E-state index >= 15 is 0 Å². The Morgan fingerprint density at radius 2 is 1.62 bits per heavy atom. The molecule has 0 saturated heterocycles. The number of aliphatic hydroxyl groups excluding tert-OH is 1. The molecule has 0 aliphatic rings. The molecular weight excluding hydrogens is 320 g/mol. The third-order valence-corrected chi connectivity index (χ3v) is 5.08. The number of aliphatic hydroxyl groups is 1. The highest BCUT2D eigenvalue weighted by molar-refractivity contribution is 7.99. The van der Waals surface area contributed by atoms with E-state index in [-0.39, 0.29) is 5.97 Å². The molecule has 4 heteroatoms. The van der Waals surface area contributed by atoms with Crippen LogP contribution in [-0.2, 0) is 21.7 Å². The van der Waals surface area contributed by atoms with Crippen LogP contribution in [0.15, 0.2) is 60.7 Å². The highest BCUT2D eigenvalue weighted by Crippen LogP contribution is 2.24. The summed E-state index contributed by atoms with van der Waals surface area (Å²) in [6.07, 6.45) is 0.553. The first-order valence-corrected chi connectivity index (χ1v) is 9.29. The number of rotatable bonds is 9. The Hall–Kier alpha value is -1.78. The molecule has 0 fully saturated rings. The molecule has 2 aromatic carbocycles. The quantitative estimate of drug-likeness (QED) is 0.702. The van der Waals surface area contributed by atoms with Crippen LogP contribution in [-0.4, -0.2) is 29.0 Å². The van der Waals surface area contributed by atoms with Crippen LogP contribution in [0.3, 0.4) is 0 Å². The smallest absolute Gasteiger partial charge is 0.321 e. The zero-order valence-electron chi connectivity index (χ0n) is 13.9. The molecule has 0 amide bonds. The van der Waals surface area contributed by atoms with Gasteiger partial charge in [-0.25, -0.2) is 0 Å². The molecule has 2 unspecified atom stereocenters.